The highest BCUT2D eigenvalue weighted by Crippen LogP contribution is 2.35. The zero-order valence-corrected chi connectivity index (χ0v) is 10.5. The number of halogens is 8. The van der Waals surface area contributed by atoms with E-state index in [1.54, 1.807) is 0 Å². The molecule has 0 amide bonds. The lowest BCUT2D eigenvalue weighted by molar-refractivity contribution is -0.108. The molecule has 2 rings (SSSR count). The van der Waals surface area contributed by atoms with Crippen LogP contribution in [0.2, 0.25) is 0 Å². The van der Waals surface area contributed by atoms with Gasteiger partial charge in [0.1, 0.15) is 12.1 Å². The monoisotopic (exact) mass is 351 g/mol. The number of rotatable bonds is 2. The number of ether oxygens (including phenoxy) is 1. The minimum atomic E-state index is -5.19. The molecule has 3 unspecified atom stereocenters. The molecule has 0 fully saturated rings. The lowest BCUT2D eigenvalue weighted by Crippen LogP contribution is -2.31. The third-order valence-electron chi connectivity index (χ3n) is 2.90. The Morgan fingerprint density at radius 3 is 1.74 bits per heavy atom. The molecule has 2 N–H and O–H groups in total. The Morgan fingerprint density at radius 1 is 0.913 bits per heavy atom. The van der Waals surface area contributed by atoms with E-state index in [1.807, 2.05) is 0 Å². The highest BCUT2D eigenvalue weighted by molar-refractivity contribution is 5.83. The van der Waals surface area contributed by atoms with Crippen molar-refractivity contribution in [2.24, 2.45) is 4.99 Å². The third kappa shape index (κ3) is 2.83. The van der Waals surface area contributed by atoms with Crippen molar-refractivity contribution >= 4 is 5.90 Å². The number of hydrogen-bond acceptors (Lipinski definition) is 4. The fraction of sp³-hybridized carbons (Fsp3) is 0.364. The van der Waals surface area contributed by atoms with Gasteiger partial charge in [-0.05, 0) is 0 Å². The van der Waals surface area contributed by atoms with Crippen LogP contribution in [-0.4, -0.2) is 34.6 Å². The molecule has 0 aromatic heterocycles. The zero-order valence-electron chi connectivity index (χ0n) is 10.5. The number of aliphatic hydroxyl groups is 2. The summed E-state index contributed by atoms with van der Waals surface area (Å²) in [5, 5.41) is 18.9. The highest BCUT2D eigenvalue weighted by Gasteiger charge is 2.48. The Bertz CT molecular complexity index is 645. The summed E-state index contributed by atoms with van der Waals surface area (Å²) in [7, 11) is 0. The molecular weight excluding hydrogens is 346 g/mol. The lowest BCUT2D eigenvalue weighted by Gasteiger charge is -2.19. The highest BCUT2D eigenvalue weighted by atomic mass is 19.4. The fourth-order valence-corrected chi connectivity index (χ4v) is 1.83. The summed E-state index contributed by atoms with van der Waals surface area (Å²) in [6, 6.07) is -2.35. The van der Waals surface area contributed by atoms with Crippen molar-refractivity contribution in [2.45, 2.75) is 24.6 Å². The summed E-state index contributed by atoms with van der Waals surface area (Å²) in [5.74, 6) is -14.3. The van der Waals surface area contributed by atoms with Gasteiger partial charge in [-0.25, -0.2) is 26.9 Å². The van der Waals surface area contributed by atoms with Gasteiger partial charge in [0.05, 0.1) is 5.56 Å². The minimum Gasteiger partial charge on any atom is -0.442 e. The third-order valence-corrected chi connectivity index (χ3v) is 2.90. The smallest absolute Gasteiger partial charge is 0.442 e. The molecule has 1 aromatic rings. The second-order valence-corrected chi connectivity index (χ2v) is 4.36. The van der Waals surface area contributed by atoms with Gasteiger partial charge in [-0.3, -0.25) is 0 Å². The molecule has 3 atom stereocenters. The predicted molar refractivity (Wildman–Crippen MR) is 55.6 cm³/mol. The Kier molecular flexibility index (Phi) is 4.24. The van der Waals surface area contributed by atoms with Gasteiger partial charge in [0.2, 0.25) is 12.1 Å². The van der Waals surface area contributed by atoms with Crippen molar-refractivity contribution in [3.63, 3.8) is 0 Å². The van der Waals surface area contributed by atoms with Crippen LogP contribution in [0.1, 0.15) is 11.7 Å². The molecule has 0 saturated heterocycles. The number of alkyl halides is 3. The molecule has 0 saturated carbocycles. The second-order valence-electron chi connectivity index (χ2n) is 4.36. The van der Waals surface area contributed by atoms with Crippen LogP contribution in [0.3, 0.4) is 0 Å². The first kappa shape index (κ1) is 17.4. The molecule has 128 valence electrons. The quantitative estimate of drug-likeness (QED) is 0.487. The number of aliphatic hydroxyl groups excluding tert-OH is 2. The van der Waals surface area contributed by atoms with E-state index in [1.165, 1.54) is 0 Å². The molecule has 1 aliphatic rings. The maximum Gasteiger partial charge on any atom is 0.468 e. The van der Waals surface area contributed by atoms with Crippen LogP contribution in [0.5, 0.6) is 0 Å². The summed E-state index contributed by atoms with van der Waals surface area (Å²) < 4.78 is 107. The Labute approximate surface area is 121 Å². The van der Waals surface area contributed by atoms with Crippen LogP contribution in [-0.2, 0) is 4.74 Å². The van der Waals surface area contributed by atoms with E-state index in [0.717, 1.165) is 0 Å². The van der Waals surface area contributed by atoms with Gasteiger partial charge in [0, 0.05) is 0 Å². The van der Waals surface area contributed by atoms with Crippen molar-refractivity contribution in [1.29, 1.82) is 0 Å². The Hall–Kier alpha value is -1.95. The number of aliphatic imine (C=N–C) groups is 1. The summed E-state index contributed by atoms with van der Waals surface area (Å²) in [5.41, 5.74) is -1.83. The van der Waals surface area contributed by atoms with Gasteiger partial charge >= 0.3 is 6.18 Å². The maximum atomic E-state index is 13.5. The van der Waals surface area contributed by atoms with Crippen molar-refractivity contribution < 1.29 is 50.1 Å². The van der Waals surface area contributed by atoms with Gasteiger partial charge < -0.3 is 14.9 Å². The van der Waals surface area contributed by atoms with Crippen LogP contribution in [0.4, 0.5) is 35.1 Å². The predicted octanol–water partition coefficient (Wildman–Crippen LogP) is 2.09. The number of benzene rings is 1. The standard InChI is InChI=1S/C11H5F8NO3/c12-2-1(3(13)5(15)6(16)4(2)14)8(21)7-9(22)23-10(20-7)11(17,18)19/h7-9,21-22H. The van der Waals surface area contributed by atoms with Crippen molar-refractivity contribution in [3.8, 4) is 0 Å². The molecule has 1 aliphatic heterocycles. The van der Waals surface area contributed by atoms with E-state index in [4.69, 9.17) is 0 Å². The van der Waals surface area contributed by atoms with E-state index < -0.39 is 65.2 Å². The summed E-state index contributed by atoms with van der Waals surface area (Å²) in [4.78, 5) is 2.68. The van der Waals surface area contributed by atoms with Gasteiger partial charge in [0.25, 0.3) is 5.90 Å². The van der Waals surface area contributed by atoms with E-state index in [-0.39, 0.29) is 0 Å². The first-order valence-electron chi connectivity index (χ1n) is 5.66. The van der Waals surface area contributed by atoms with Crippen molar-refractivity contribution in [1.82, 2.24) is 0 Å². The van der Waals surface area contributed by atoms with Crippen molar-refractivity contribution in [2.75, 3.05) is 0 Å². The molecule has 1 heterocycles. The second kappa shape index (κ2) is 5.60. The van der Waals surface area contributed by atoms with Crippen LogP contribution >= 0.6 is 0 Å². The molecule has 4 nitrogen and oxygen atoms in total. The molecule has 0 spiro atoms. The summed E-state index contributed by atoms with van der Waals surface area (Å²) >= 11 is 0. The summed E-state index contributed by atoms with van der Waals surface area (Å²) in [6.07, 6.45) is -10.5. The largest absolute Gasteiger partial charge is 0.468 e. The van der Waals surface area contributed by atoms with Crippen LogP contribution in [0, 0.1) is 29.1 Å². The molecule has 0 radical (unpaired) electrons. The SMILES string of the molecule is OC1OC(C(F)(F)F)=NC1C(O)c1c(F)c(F)c(F)c(F)c1F. The summed E-state index contributed by atoms with van der Waals surface area (Å²) in [6.45, 7) is 0. The maximum absolute atomic E-state index is 13.5. The first-order chi connectivity index (χ1) is 10.5. The average molecular weight is 351 g/mol. The van der Waals surface area contributed by atoms with Gasteiger partial charge in [-0.15, -0.1) is 0 Å². The minimum absolute atomic E-state index is 1.83. The first-order valence-corrected chi connectivity index (χ1v) is 5.66. The number of hydrogen-bond donors (Lipinski definition) is 2. The van der Waals surface area contributed by atoms with Gasteiger partial charge in [-0.1, -0.05) is 0 Å². The Morgan fingerprint density at radius 2 is 1.35 bits per heavy atom. The molecule has 1 aromatic carbocycles. The van der Waals surface area contributed by atoms with E-state index >= 15 is 0 Å². The molecule has 0 aliphatic carbocycles. The number of nitrogens with zero attached hydrogens (tertiary/aromatic N) is 1. The van der Waals surface area contributed by atoms with E-state index in [0.29, 0.717) is 0 Å². The van der Waals surface area contributed by atoms with Gasteiger partial charge in [-0.2, -0.15) is 13.2 Å². The fourth-order valence-electron chi connectivity index (χ4n) is 1.83. The normalized spacial score (nSPS) is 22.8. The molecule has 0 bridgehead atoms. The van der Waals surface area contributed by atoms with Crippen LogP contribution < -0.4 is 0 Å². The zero-order chi connectivity index (χ0) is 17.7. The molecular formula is C11H5F8NO3. The Balaban J connectivity index is 2.50. The van der Waals surface area contributed by atoms with Crippen LogP contribution in [0.15, 0.2) is 4.99 Å². The van der Waals surface area contributed by atoms with Gasteiger partial charge in [0.15, 0.2) is 23.3 Å². The topological polar surface area (TPSA) is 62.0 Å². The van der Waals surface area contributed by atoms with E-state index in [2.05, 4.69) is 9.73 Å². The van der Waals surface area contributed by atoms with Crippen molar-refractivity contribution in [3.05, 3.63) is 34.6 Å². The van der Waals surface area contributed by atoms with E-state index in [9.17, 15) is 45.3 Å². The lowest BCUT2D eigenvalue weighted by atomic mass is 10.0. The van der Waals surface area contributed by atoms with Crippen LogP contribution in [0.25, 0.3) is 0 Å². The molecule has 12 heteroatoms. The average Bonchev–Trinajstić information content (AvgIpc) is 2.85. The molecule has 23 heavy (non-hydrogen) atoms.